The van der Waals surface area contributed by atoms with Crippen molar-refractivity contribution in [1.82, 2.24) is 5.01 Å². The molecule has 228 valence electrons. The first-order chi connectivity index (χ1) is 19.7. The summed E-state index contributed by atoms with van der Waals surface area (Å²) in [5.41, 5.74) is 1.47. The van der Waals surface area contributed by atoms with Crippen molar-refractivity contribution in [2.45, 2.75) is 106 Å². The van der Waals surface area contributed by atoms with Crippen LogP contribution in [-0.2, 0) is 14.4 Å². The number of ketones is 1. The maximum Gasteiger partial charge on any atom is 0.277 e. The molecular formula is C34H48N4O4. The molecule has 0 radical (unpaired) electrons. The van der Waals surface area contributed by atoms with Crippen molar-refractivity contribution in [1.29, 1.82) is 0 Å². The van der Waals surface area contributed by atoms with Gasteiger partial charge in [-0.1, -0.05) is 46.5 Å². The molecule has 42 heavy (non-hydrogen) atoms. The molecule has 1 fully saturated rings. The second kappa shape index (κ2) is 12.1. The smallest absolute Gasteiger partial charge is 0.277 e. The van der Waals surface area contributed by atoms with Crippen LogP contribution in [0.2, 0.25) is 0 Å². The molecule has 0 aromatic heterocycles. The molecule has 1 aromatic rings. The van der Waals surface area contributed by atoms with Crippen LogP contribution >= 0.6 is 0 Å². The average molecular weight is 577 g/mol. The molecule has 0 saturated heterocycles. The van der Waals surface area contributed by atoms with E-state index < -0.39 is 22.6 Å². The molecule has 2 amide bonds. The van der Waals surface area contributed by atoms with Crippen molar-refractivity contribution in [2.24, 2.45) is 16.4 Å². The molecule has 1 heterocycles. The van der Waals surface area contributed by atoms with Gasteiger partial charge in [0.15, 0.2) is 0 Å². The standard InChI is InChI=1S/C34H48N4O4/c1-9-37(10-2)22-18-19-23(24(20-22)35-25(39)17-13-16-21-14-11-12-15-21)26-29(40)27(30(26)41)28-31(33(3,4)5)36-38(32(28)42)34(6,7)8/h18-21,40H,9-17H2,1-8H3,(H,35,39)/b28-27+. The van der Waals surface area contributed by atoms with Crippen LogP contribution in [0.5, 0.6) is 0 Å². The lowest BCUT2D eigenvalue weighted by Gasteiger charge is -2.29. The molecule has 2 N–H and O–H groups in total. The zero-order chi connectivity index (χ0) is 31.0. The highest BCUT2D eigenvalue weighted by Crippen LogP contribution is 2.45. The van der Waals surface area contributed by atoms with Gasteiger partial charge in [0.2, 0.25) is 11.7 Å². The van der Waals surface area contributed by atoms with E-state index in [1.165, 1.54) is 30.7 Å². The van der Waals surface area contributed by atoms with E-state index in [1.807, 2.05) is 53.7 Å². The number of hydrogen-bond donors (Lipinski definition) is 2. The molecule has 0 spiro atoms. The number of Topliss-reactive ketones (excluding diaryl/α,β-unsaturated/α-hetero) is 1. The van der Waals surface area contributed by atoms with E-state index in [0.29, 0.717) is 23.4 Å². The number of carbonyl (C=O) groups excluding carboxylic acids is 3. The number of benzene rings is 1. The molecule has 0 bridgehead atoms. The monoisotopic (exact) mass is 576 g/mol. The summed E-state index contributed by atoms with van der Waals surface area (Å²) in [6, 6.07) is 5.56. The van der Waals surface area contributed by atoms with E-state index >= 15 is 0 Å². The summed E-state index contributed by atoms with van der Waals surface area (Å²) < 4.78 is 0. The van der Waals surface area contributed by atoms with Crippen LogP contribution in [-0.4, -0.2) is 52.1 Å². The molecule has 1 saturated carbocycles. The van der Waals surface area contributed by atoms with Gasteiger partial charge in [0.1, 0.15) is 5.76 Å². The number of aliphatic hydroxyl groups is 1. The second-order valence-corrected chi connectivity index (χ2v) is 13.8. The van der Waals surface area contributed by atoms with E-state index in [-0.39, 0.29) is 28.4 Å². The Balaban J connectivity index is 1.71. The number of hydrogen-bond acceptors (Lipinski definition) is 6. The van der Waals surface area contributed by atoms with E-state index in [9.17, 15) is 19.5 Å². The van der Waals surface area contributed by atoms with Crippen molar-refractivity contribution < 1.29 is 19.5 Å². The highest BCUT2D eigenvalue weighted by molar-refractivity contribution is 6.45. The van der Waals surface area contributed by atoms with Crippen LogP contribution in [0.4, 0.5) is 11.4 Å². The summed E-state index contributed by atoms with van der Waals surface area (Å²) in [7, 11) is 0. The van der Waals surface area contributed by atoms with Gasteiger partial charge >= 0.3 is 0 Å². The number of amides is 2. The number of nitrogens with one attached hydrogen (secondary N) is 1. The van der Waals surface area contributed by atoms with Crippen LogP contribution in [0.3, 0.4) is 0 Å². The minimum atomic E-state index is -0.597. The number of carbonyl (C=O) groups is 3. The minimum absolute atomic E-state index is 0.00270. The van der Waals surface area contributed by atoms with E-state index in [4.69, 9.17) is 0 Å². The summed E-state index contributed by atoms with van der Waals surface area (Å²) >= 11 is 0. The van der Waals surface area contributed by atoms with E-state index in [2.05, 4.69) is 29.2 Å². The van der Waals surface area contributed by atoms with E-state index in [1.54, 1.807) is 6.07 Å². The molecule has 8 heteroatoms. The van der Waals surface area contributed by atoms with Crippen LogP contribution in [0.1, 0.15) is 106 Å². The maximum atomic E-state index is 13.8. The van der Waals surface area contributed by atoms with Crippen molar-refractivity contribution in [3.63, 3.8) is 0 Å². The van der Waals surface area contributed by atoms with Gasteiger partial charge in [-0.3, -0.25) is 14.4 Å². The Labute approximate surface area is 250 Å². The number of nitrogens with zero attached hydrogens (tertiary/aromatic N) is 3. The van der Waals surface area contributed by atoms with Gasteiger partial charge in [-0.25, -0.2) is 5.01 Å². The summed E-state index contributed by atoms with van der Waals surface area (Å²) in [6.45, 7) is 17.1. The predicted molar refractivity (Wildman–Crippen MR) is 170 cm³/mol. The Morgan fingerprint density at radius 3 is 2.21 bits per heavy atom. The van der Waals surface area contributed by atoms with Gasteiger partial charge in [-0.2, -0.15) is 5.10 Å². The first-order valence-corrected chi connectivity index (χ1v) is 15.5. The molecule has 2 aliphatic carbocycles. The Kier molecular flexibility index (Phi) is 9.05. The van der Waals surface area contributed by atoms with Crippen molar-refractivity contribution >= 4 is 40.3 Å². The maximum absolute atomic E-state index is 13.8. The molecule has 8 nitrogen and oxygen atoms in total. The van der Waals surface area contributed by atoms with Gasteiger partial charge < -0.3 is 15.3 Å². The fourth-order valence-electron chi connectivity index (χ4n) is 6.19. The minimum Gasteiger partial charge on any atom is -0.506 e. The largest absolute Gasteiger partial charge is 0.506 e. The van der Waals surface area contributed by atoms with Crippen LogP contribution in [0.25, 0.3) is 5.57 Å². The van der Waals surface area contributed by atoms with Crippen LogP contribution in [0.15, 0.2) is 40.2 Å². The molecule has 1 aliphatic heterocycles. The lowest BCUT2D eigenvalue weighted by molar-refractivity contribution is -0.130. The third-order valence-electron chi connectivity index (χ3n) is 8.53. The highest BCUT2D eigenvalue weighted by atomic mass is 16.3. The molecule has 0 unspecified atom stereocenters. The third kappa shape index (κ3) is 6.18. The molecule has 4 rings (SSSR count). The van der Waals surface area contributed by atoms with Gasteiger partial charge in [-0.15, -0.1) is 0 Å². The van der Waals surface area contributed by atoms with Gasteiger partial charge in [-0.05, 0) is 71.6 Å². The third-order valence-corrected chi connectivity index (χ3v) is 8.53. The summed E-state index contributed by atoms with van der Waals surface area (Å²) in [5, 5.41) is 20.4. The highest BCUT2D eigenvalue weighted by Gasteiger charge is 2.48. The van der Waals surface area contributed by atoms with E-state index in [0.717, 1.165) is 37.5 Å². The zero-order valence-electron chi connectivity index (χ0n) is 26.7. The fraction of sp³-hybridized carbons (Fsp3) is 0.588. The van der Waals surface area contributed by atoms with Crippen molar-refractivity contribution in [3.05, 3.63) is 40.7 Å². The summed E-state index contributed by atoms with van der Waals surface area (Å²) in [4.78, 5) is 42.6. The number of allylic oxidation sites excluding steroid dienone is 2. The molecule has 0 atom stereocenters. The molecular weight excluding hydrogens is 528 g/mol. The summed E-state index contributed by atoms with van der Waals surface area (Å²) in [5.74, 6) is -0.437. The molecule has 3 aliphatic rings. The Morgan fingerprint density at radius 1 is 1.02 bits per heavy atom. The quantitative estimate of drug-likeness (QED) is 0.308. The normalized spacial score (nSPS) is 19.9. The van der Waals surface area contributed by atoms with Crippen LogP contribution in [0, 0.1) is 11.3 Å². The lowest BCUT2D eigenvalue weighted by Crippen LogP contribution is -2.40. The fourth-order valence-corrected chi connectivity index (χ4v) is 6.19. The Hall–Kier alpha value is -3.42. The lowest BCUT2D eigenvalue weighted by atomic mass is 9.75. The predicted octanol–water partition coefficient (Wildman–Crippen LogP) is 7.02. The van der Waals surface area contributed by atoms with Gasteiger partial charge in [0, 0.05) is 36.2 Å². The number of rotatable bonds is 9. The SMILES string of the molecule is CCN(CC)c1ccc(C2=C(O)/C(=C3\C(=O)N(C(C)(C)C)N=C3C(C)(C)C)C2=O)c(NC(=O)CCCC2CCCC2)c1. The molecule has 1 aromatic carbocycles. The number of aliphatic hydroxyl groups excluding tert-OH is 1. The number of hydrazone groups is 1. The first-order valence-electron chi connectivity index (χ1n) is 15.5. The zero-order valence-corrected chi connectivity index (χ0v) is 26.7. The Morgan fingerprint density at radius 2 is 1.67 bits per heavy atom. The van der Waals surface area contributed by atoms with Gasteiger partial charge in [0.05, 0.1) is 33.7 Å². The second-order valence-electron chi connectivity index (χ2n) is 13.8. The number of anilines is 2. The van der Waals surface area contributed by atoms with Gasteiger partial charge in [0.25, 0.3) is 5.91 Å². The van der Waals surface area contributed by atoms with Crippen molar-refractivity contribution in [2.75, 3.05) is 23.3 Å². The first kappa shape index (κ1) is 31.5. The van der Waals surface area contributed by atoms with Crippen LogP contribution < -0.4 is 10.2 Å². The summed E-state index contributed by atoms with van der Waals surface area (Å²) in [6.07, 6.45) is 7.36. The average Bonchev–Trinajstić information content (AvgIpc) is 3.54. The Bertz CT molecular complexity index is 1350. The van der Waals surface area contributed by atoms with Crippen molar-refractivity contribution in [3.8, 4) is 0 Å². The topological polar surface area (TPSA) is 102 Å².